The lowest BCUT2D eigenvalue weighted by atomic mass is 10.1. The largest absolute Gasteiger partial charge is 0.494 e. The van der Waals surface area contributed by atoms with Crippen molar-refractivity contribution >= 4 is 5.69 Å². The van der Waals surface area contributed by atoms with Crippen LogP contribution < -0.4 is 9.64 Å². The summed E-state index contributed by atoms with van der Waals surface area (Å²) >= 11 is 0. The van der Waals surface area contributed by atoms with Gasteiger partial charge in [-0.2, -0.15) is 0 Å². The average Bonchev–Trinajstić information content (AvgIpc) is 2.92. The number of hydrogen-bond donors (Lipinski definition) is 0. The molecule has 0 aliphatic carbocycles. The highest BCUT2D eigenvalue weighted by Crippen LogP contribution is 2.29. The second kappa shape index (κ2) is 6.04. The Hall–Kier alpha value is -1.22. The molecule has 2 atom stereocenters. The smallest absolute Gasteiger partial charge is 0.119 e. The van der Waals surface area contributed by atoms with Crippen LogP contribution in [0.1, 0.15) is 33.1 Å². The Kier molecular flexibility index (Phi) is 4.16. The van der Waals surface area contributed by atoms with Gasteiger partial charge in [-0.3, -0.25) is 4.90 Å². The van der Waals surface area contributed by atoms with Crippen LogP contribution in [0.15, 0.2) is 24.3 Å². The number of benzene rings is 1. The van der Waals surface area contributed by atoms with Crippen LogP contribution in [0.25, 0.3) is 0 Å². The van der Waals surface area contributed by atoms with E-state index in [9.17, 15) is 0 Å². The normalized spacial score (nSPS) is 26.6. The lowest BCUT2D eigenvalue weighted by Gasteiger charge is -2.43. The summed E-state index contributed by atoms with van der Waals surface area (Å²) in [4.78, 5) is 5.23. The van der Waals surface area contributed by atoms with Gasteiger partial charge in [0.05, 0.1) is 6.61 Å². The zero-order valence-electron chi connectivity index (χ0n) is 12.7. The second-order valence-electron chi connectivity index (χ2n) is 6.13. The minimum Gasteiger partial charge on any atom is -0.494 e. The maximum absolute atomic E-state index is 5.67. The van der Waals surface area contributed by atoms with Crippen molar-refractivity contribution < 1.29 is 4.74 Å². The Morgan fingerprint density at radius 1 is 1.20 bits per heavy atom. The third-order valence-corrected chi connectivity index (χ3v) is 4.58. The van der Waals surface area contributed by atoms with Gasteiger partial charge in [-0.25, -0.2) is 0 Å². The fourth-order valence-electron chi connectivity index (χ4n) is 3.50. The topological polar surface area (TPSA) is 15.7 Å². The molecular weight excluding hydrogens is 248 g/mol. The molecule has 0 saturated carbocycles. The molecule has 0 amide bonds. The maximum Gasteiger partial charge on any atom is 0.119 e. The summed E-state index contributed by atoms with van der Waals surface area (Å²) < 4.78 is 5.67. The SMILES string of the molecule is CCCOc1ccc(N2CC3CCCN3CC2C)cc1. The Labute approximate surface area is 122 Å². The zero-order valence-corrected chi connectivity index (χ0v) is 12.7. The highest BCUT2D eigenvalue weighted by molar-refractivity contribution is 5.50. The molecule has 1 aromatic rings. The summed E-state index contributed by atoms with van der Waals surface area (Å²) in [5, 5.41) is 0. The summed E-state index contributed by atoms with van der Waals surface area (Å²) in [5.41, 5.74) is 1.34. The van der Waals surface area contributed by atoms with Crippen LogP contribution in [0.5, 0.6) is 5.75 Å². The Morgan fingerprint density at radius 2 is 2.00 bits per heavy atom. The lowest BCUT2D eigenvalue weighted by molar-refractivity contribution is 0.203. The molecule has 2 fully saturated rings. The van der Waals surface area contributed by atoms with Gasteiger partial charge in [0.15, 0.2) is 0 Å². The predicted molar refractivity (Wildman–Crippen MR) is 83.6 cm³/mol. The molecule has 0 N–H and O–H groups in total. The molecule has 0 radical (unpaired) electrons. The van der Waals surface area contributed by atoms with Gasteiger partial charge in [0.25, 0.3) is 0 Å². The van der Waals surface area contributed by atoms with Crippen molar-refractivity contribution in [3.8, 4) is 5.75 Å². The Morgan fingerprint density at radius 3 is 2.75 bits per heavy atom. The van der Waals surface area contributed by atoms with Crippen molar-refractivity contribution in [3.05, 3.63) is 24.3 Å². The Balaban J connectivity index is 1.68. The van der Waals surface area contributed by atoms with Crippen LogP contribution in [0.4, 0.5) is 5.69 Å². The minimum absolute atomic E-state index is 0.603. The number of anilines is 1. The van der Waals surface area contributed by atoms with Crippen LogP contribution >= 0.6 is 0 Å². The molecule has 0 spiro atoms. The maximum atomic E-state index is 5.67. The van der Waals surface area contributed by atoms with E-state index in [4.69, 9.17) is 4.74 Å². The van der Waals surface area contributed by atoms with E-state index in [-0.39, 0.29) is 0 Å². The molecule has 2 heterocycles. The fourth-order valence-corrected chi connectivity index (χ4v) is 3.50. The van der Waals surface area contributed by atoms with Gasteiger partial charge in [-0.15, -0.1) is 0 Å². The van der Waals surface area contributed by atoms with Crippen LogP contribution in [0.2, 0.25) is 0 Å². The highest BCUT2D eigenvalue weighted by atomic mass is 16.5. The second-order valence-corrected chi connectivity index (χ2v) is 6.13. The highest BCUT2D eigenvalue weighted by Gasteiger charge is 2.34. The van der Waals surface area contributed by atoms with E-state index in [1.165, 1.54) is 38.2 Å². The first-order chi connectivity index (χ1) is 9.78. The van der Waals surface area contributed by atoms with E-state index in [1.54, 1.807) is 0 Å². The molecule has 2 unspecified atom stereocenters. The predicted octanol–water partition coefficient (Wildman–Crippen LogP) is 3.15. The van der Waals surface area contributed by atoms with Crippen LogP contribution in [0, 0.1) is 0 Å². The third-order valence-electron chi connectivity index (χ3n) is 4.58. The van der Waals surface area contributed by atoms with Crippen molar-refractivity contribution in [1.29, 1.82) is 0 Å². The van der Waals surface area contributed by atoms with Crippen molar-refractivity contribution in [3.63, 3.8) is 0 Å². The number of piperazine rings is 1. The number of hydrogen-bond acceptors (Lipinski definition) is 3. The molecule has 2 aliphatic heterocycles. The molecule has 3 rings (SSSR count). The molecule has 110 valence electrons. The first-order valence-electron chi connectivity index (χ1n) is 8.01. The first kappa shape index (κ1) is 13.7. The molecule has 2 aliphatic rings. The monoisotopic (exact) mass is 274 g/mol. The van der Waals surface area contributed by atoms with Gasteiger partial charge in [-0.1, -0.05) is 6.92 Å². The van der Waals surface area contributed by atoms with E-state index in [2.05, 4.69) is 47.9 Å². The van der Waals surface area contributed by atoms with Gasteiger partial charge in [0, 0.05) is 30.9 Å². The van der Waals surface area contributed by atoms with Gasteiger partial charge in [0.2, 0.25) is 0 Å². The lowest BCUT2D eigenvalue weighted by Crippen LogP contribution is -2.55. The summed E-state index contributed by atoms with van der Waals surface area (Å²) in [7, 11) is 0. The molecule has 0 aromatic heterocycles. The van der Waals surface area contributed by atoms with Gasteiger partial charge in [-0.05, 0) is 57.0 Å². The van der Waals surface area contributed by atoms with Gasteiger partial charge < -0.3 is 9.64 Å². The van der Waals surface area contributed by atoms with Gasteiger partial charge >= 0.3 is 0 Å². The Bertz CT molecular complexity index is 431. The first-order valence-corrected chi connectivity index (χ1v) is 8.01. The average molecular weight is 274 g/mol. The van der Waals surface area contributed by atoms with Crippen LogP contribution in [-0.2, 0) is 0 Å². The van der Waals surface area contributed by atoms with Crippen molar-refractivity contribution in [2.24, 2.45) is 0 Å². The molecule has 1 aromatic carbocycles. The van der Waals surface area contributed by atoms with E-state index in [0.29, 0.717) is 6.04 Å². The minimum atomic E-state index is 0.603. The van der Waals surface area contributed by atoms with E-state index < -0.39 is 0 Å². The molecule has 3 heteroatoms. The summed E-state index contributed by atoms with van der Waals surface area (Å²) in [5.74, 6) is 0.989. The molecule has 20 heavy (non-hydrogen) atoms. The molecular formula is C17H26N2O. The van der Waals surface area contributed by atoms with E-state index in [0.717, 1.165) is 24.8 Å². The quantitative estimate of drug-likeness (QED) is 0.839. The standard InChI is InChI=1S/C17H26N2O/c1-3-11-20-17-8-6-15(7-9-17)19-13-16-5-4-10-18(16)12-14(19)2/h6-9,14,16H,3-5,10-13H2,1-2H3. The summed E-state index contributed by atoms with van der Waals surface area (Å²) in [6.45, 7) is 8.96. The van der Waals surface area contributed by atoms with Crippen molar-refractivity contribution in [2.45, 2.75) is 45.2 Å². The molecule has 3 nitrogen and oxygen atoms in total. The molecule has 0 bridgehead atoms. The number of ether oxygens (including phenoxy) is 1. The summed E-state index contributed by atoms with van der Waals surface area (Å²) in [6.07, 6.45) is 3.79. The van der Waals surface area contributed by atoms with Crippen molar-refractivity contribution in [1.82, 2.24) is 4.90 Å². The molecule has 2 saturated heterocycles. The third kappa shape index (κ3) is 2.78. The number of nitrogens with zero attached hydrogens (tertiary/aromatic N) is 2. The summed E-state index contributed by atoms with van der Waals surface area (Å²) in [6, 6.07) is 10.0. The van der Waals surface area contributed by atoms with Crippen LogP contribution in [-0.4, -0.2) is 43.2 Å². The van der Waals surface area contributed by atoms with Crippen molar-refractivity contribution in [2.75, 3.05) is 31.1 Å². The van der Waals surface area contributed by atoms with E-state index >= 15 is 0 Å². The number of rotatable bonds is 4. The van der Waals surface area contributed by atoms with E-state index in [1.807, 2.05) is 0 Å². The van der Waals surface area contributed by atoms with Gasteiger partial charge in [0.1, 0.15) is 5.75 Å². The zero-order chi connectivity index (χ0) is 13.9. The number of fused-ring (bicyclic) bond motifs is 1. The van der Waals surface area contributed by atoms with Crippen LogP contribution in [0.3, 0.4) is 0 Å². The fraction of sp³-hybridized carbons (Fsp3) is 0.647.